The second-order valence-corrected chi connectivity index (χ2v) is 6.05. The molecule has 1 aliphatic heterocycles. The molecule has 1 fully saturated rings. The highest BCUT2D eigenvalue weighted by atomic mass is 15.6. The molecular weight excluding hydrogens is 288 g/mol. The van der Waals surface area contributed by atoms with Gasteiger partial charge in [0.2, 0.25) is 0 Å². The van der Waals surface area contributed by atoms with Crippen molar-refractivity contribution in [1.82, 2.24) is 25.3 Å². The van der Waals surface area contributed by atoms with Crippen molar-refractivity contribution >= 4 is 11.5 Å². The molecule has 6 nitrogen and oxygen atoms in total. The van der Waals surface area contributed by atoms with E-state index in [1.54, 1.807) is 0 Å². The monoisotopic (exact) mass is 308 g/mol. The second kappa shape index (κ2) is 5.95. The van der Waals surface area contributed by atoms with Crippen LogP contribution in [0.3, 0.4) is 0 Å². The van der Waals surface area contributed by atoms with Crippen molar-refractivity contribution in [1.29, 1.82) is 0 Å². The van der Waals surface area contributed by atoms with Crippen LogP contribution < -0.4 is 4.90 Å². The van der Waals surface area contributed by atoms with Crippen LogP contribution in [0.4, 0.5) is 5.82 Å². The third-order valence-electron chi connectivity index (χ3n) is 4.78. The Morgan fingerprint density at radius 2 is 2.04 bits per heavy atom. The summed E-state index contributed by atoms with van der Waals surface area (Å²) in [5.74, 6) is 1.48. The van der Waals surface area contributed by atoms with Crippen molar-refractivity contribution < 1.29 is 0 Å². The lowest BCUT2D eigenvalue weighted by Gasteiger charge is -2.32. The first kappa shape index (κ1) is 14.1. The van der Waals surface area contributed by atoms with E-state index in [4.69, 9.17) is 0 Å². The molecule has 3 aromatic rings. The second-order valence-electron chi connectivity index (χ2n) is 6.05. The lowest BCUT2D eigenvalue weighted by atomic mass is 9.87. The number of anilines is 1. The van der Waals surface area contributed by atoms with E-state index in [0.717, 1.165) is 18.8 Å². The van der Waals surface area contributed by atoms with Gasteiger partial charge in [0.1, 0.15) is 0 Å². The molecule has 3 heterocycles. The molecule has 2 aromatic heterocycles. The molecule has 0 bridgehead atoms. The Labute approximate surface area is 135 Å². The van der Waals surface area contributed by atoms with Gasteiger partial charge in [-0.15, -0.1) is 14.8 Å². The van der Waals surface area contributed by atoms with Gasteiger partial charge in [-0.2, -0.15) is 0 Å². The highest BCUT2D eigenvalue weighted by molar-refractivity contribution is 5.47. The average Bonchev–Trinajstić information content (AvgIpc) is 3.25. The van der Waals surface area contributed by atoms with Gasteiger partial charge in [-0.1, -0.05) is 37.3 Å². The summed E-state index contributed by atoms with van der Waals surface area (Å²) in [7, 11) is 0. The maximum Gasteiger partial charge on any atom is 0.200 e. The Bertz CT molecular complexity index is 784. The normalized spacial score (nSPS) is 19.3. The SMILES string of the molecule is CC[C@H](c1ccccc1)[C@@H]1CCCN1c1ccc2nnnn2n1. The molecule has 0 amide bonds. The Kier molecular flexibility index (Phi) is 3.65. The van der Waals surface area contributed by atoms with Crippen molar-refractivity contribution in [3.05, 3.63) is 48.0 Å². The first-order chi connectivity index (χ1) is 11.4. The van der Waals surface area contributed by atoms with Crippen LogP contribution in [0.1, 0.15) is 37.7 Å². The van der Waals surface area contributed by atoms with Gasteiger partial charge in [0.05, 0.1) is 0 Å². The molecule has 4 rings (SSSR count). The summed E-state index contributed by atoms with van der Waals surface area (Å²) in [5.41, 5.74) is 2.09. The molecule has 2 atom stereocenters. The predicted octanol–water partition coefficient (Wildman–Crippen LogP) is 2.68. The Morgan fingerprint density at radius 3 is 2.87 bits per heavy atom. The number of hydrogen-bond acceptors (Lipinski definition) is 5. The number of fused-ring (bicyclic) bond motifs is 1. The minimum absolute atomic E-state index is 0.476. The average molecular weight is 308 g/mol. The molecule has 0 spiro atoms. The molecule has 1 aliphatic rings. The molecule has 0 saturated carbocycles. The van der Waals surface area contributed by atoms with Gasteiger partial charge in [0.25, 0.3) is 0 Å². The molecule has 1 aromatic carbocycles. The summed E-state index contributed by atoms with van der Waals surface area (Å²) in [6.45, 7) is 3.31. The number of tetrazole rings is 1. The topological polar surface area (TPSA) is 59.2 Å². The van der Waals surface area contributed by atoms with Crippen LogP contribution in [-0.2, 0) is 0 Å². The van der Waals surface area contributed by atoms with Crippen LogP contribution in [0.5, 0.6) is 0 Å². The molecule has 118 valence electrons. The summed E-state index contributed by atoms with van der Waals surface area (Å²) in [4.78, 5) is 2.42. The largest absolute Gasteiger partial charge is 0.352 e. The van der Waals surface area contributed by atoms with Gasteiger partial charge in [0.15, 0.2) is 11.5 Å². The van der Waals surface area contributed by atoms with E-state index in [-0.39, 0.29) is 0 Å². The lowest BCUT2D eigenvalue weighted by Crippen LogP contribution is -2.35. The lowest BCUT2D eigenvalue weighted by molar-refractivity contribution is 0.511. The molecule has 0 unspecified atom stereocenters. The van der Waals surface area contributed by atoms with Gasteiger partial charge in [0, 0.05) is 18.5 Å². The summed E-state index contributed by atoms with van der Waals surface area (Å²) in [5, 5.41) is 16.1. The number of rotatable bonds is 4. The Morgan fingerprint density at radius 1 is 1.17 bits per heavy atom. The van der Waals surface area contributed by atoms with Gasteiger partial charge >= 0.3 is 0 Å². The molecule has 1 saturated heterocycles. The van der Waals surface area contributed by atoms with E-state index in [9.17, 15) is 0 Å². The molecule has 0 aliphatic carbocycles. The summed E-state index contributed by atoms with van der Waals surface area (Å²) >= 11 is 0. The number of aromatic nitrogens is 5. The third-order valence-corrected chi connectivity index (χ3v) is 4.78. The quantitative estimate of drug-likeness (QED) is 0.741. The number of nitrogens with zero attached hydrogens (tertiary/aromatic N) is 6. The third kappa shape index (κ3) is 2.54. The van der Waals surface area contributed by atoms with Crippen molar-refractivity contribution in [2.45, 2.75) is 38.1 Å². The predicted molar refractivity (Wildman–Crippen MR) is 88.4 cm³/mol. The zero-order valence-corrected chi connectivity index (χ0v) is 13.2. The van der Waals surface area contributed by atoms with Crippen LogP contribution in [0.25, 0.3) is 5.65 Å². The van der Waals surface area contributed by atoms with E-state index in [2.05, 4.69) is 62.8 Å². The van der Waals surface area contributed by atoms with Gasteiger partial charge in [-0.25, -0.2) is 0 Å². The molecule has 6 heteroatoms. The molecule has 0 N–H and O–H groups in total. The van der Waals surface area contributed by atoms with Crippen LogP contribution in [0.15, 0.2) is 42.5 Å². The Balaban J connectivity index is 1.67. The van der Waals surface area contributed by atoms with E-state index < -0.39 is 0 Å². The zero-order chi connectivity index (χ0) is 15.6. The fourth-order valence-corrected chi connectivity index (χ4v) is 3.72. The minimum Gasteiger partial charge on any atom is -0.352 e. The van der Waals surface area contributed by atoms with E-state index in [0.29, 0.717) is 17.6 Å². The van der Waals surface area contributed by atoms with E-state index in [1.807, 2.05) is 12.1 Å². The van der Waals surface area contributed by atoms with Crippen LogP contribution in [0, 0.1) is 0 Å². The smallest absolute Gasteiger partial charge is 0.200 e. The zero-order valence-electron chi connectivity index (χ0n) is 13.2. The van der Waals surface area contributed by atoms with Crippen LogP contribution in [-0.4, -0.2) is 37.8 Å². The molecule has 0 radical (unpaired) electrons. The first-order valence-electron chi connectivity index (χ1n) is 8.24. The minimum atomic E-state index is 0.476. The molecule has 23 heavy (non-hydrogen) atoms. The van der Waals surface area contributed by atoms with Crippen molar-refractivity contribution in [3.63, 3.8) is 0 Å². The first-order valence-corrected chi connectivity index (χ1v) is 8.24. The fraction of sp³-hybridized carbons (Fsp3) is 0.412. The summed E-state index contributed by atoms with van der Waals surface area (Å²) < 4.78 is 1.51. The van der Waals surface area contributed by atoms with Gasteiger partial charge in [-0.05, 0) is 47.4 Å². The highest BCUT2D eigenvalue weighted by Crippen LogP contribution is 2.35. The van der Waals surface area contributed by atoms with Crippen LogP contribution in [0.2, 0.25) is 0 Å². The summed E-state index contributed by atoms with van der Waals surface area (Å²) in [6.07, 6.45) is 3.52. The standard InChI is InChI=1S/C17H20N6/c1-2-14(13-7-4-3-5-8-13)15-9-6-12-22(15)17-11-10-16-18-20-21-23(16)19-17/h3-5,7-8,10-11,14-15H,2,6,9,12H2,1H3/t14-,15+/m1/s1. The van der Waals surface area contributed by atoms with Gasteiger partial charge < -0.3 is 4.90 Å². The number of hydrogen-bond donors (Lipinski definition) is 0. The van der Waals surface area contributed by atoms with Crippen molar-refractivity contribution in [3.8, 4) is 0 Å². The summed E-state index contributed by atoms with van der Waals surface area (Å²) in [6, 6.07) is 15.2. The van der Waals surface area contributed by atoms with Crippen molar-refractivity contribution in [2.24, 2.45) is 0 Å². The Hall–Kier alpha value is -2.50. The van der Waals surface area contributed by atoms with Crippen molar-refractivity contribution in [2.75, 3.05) is 11.4 Å². The van der Waals surface area contributed by atoms with E-state index >= 15 is 0 Å². The van der Waals surface area contributed by atoms with E-state index in [1.165, 1.54) is 23.0 Å². The van der Waals surface area contributed by atoms with Gasteiger partial charge in [-0.3, -0.25) is 0 Å². The molecular formula is C17H20N6. The highest BCUT2D eigenvalue weighted by Gasteiger charge is 2.32. The maximum absolute atomic E-state index is 4.58. The van der Waals surface area contributed by atoms with Crippen LogP contribution >= 0.6 is 0 Å². The fourth-order valence-electron chi connectivity index (χ4n) is 3.72. The maximum atomic E-state index is 4.58. The number of benzene rings is 1.